The number of carbonyl (C=O) groups excluding carboxylic acids is 2. The predicted molar refractivity (Wildman–Crippen MR) is 124 cm³/mol. The van der Waals surface area contributed by atoms with E-state index in [1.54, 1.807) is 43.0 Å². The highest BCUT2D eigenvalue weighted by atomic mass is 32.2. The van der Waals surface area contributed by atoms with Gasteiger partial charge in [-0.1, -0.05) is 18.2 Å². The number of urea groups is 1. The average Bonchev–Trinajstić information content (AvgIpc) is 2.75. The Hall–Kier alpha value is -2.78. The third-order valence-electron chi connectivity index (χ3n) is 5.27. The predicted octanol–water partition coefficient (Wildman–Crippen LogP) is 3.67. The Morgan fingerprint density at radius 1 is 1.09 bits per heavy atom. The highest BCUT2D eigenvalue weighted by Crippen LogP contribution is 2.30. The van der Waals surface area contributed by atoms with E-state index >= 15 is 0 Å². The molecule has 1 unspecified atom stereocenters. The summed E-state index contributed by atoms with van der Waals surface area (Å²) in [7, 11) is -3.83. The van der Waals surface area contributed by atoms with E-state index in [4.69, 9.17) is 4.74 Å². The largest absolute Gasteiger partial charge is 0.463 e. The second-order valence-corrected chi connectivity index (χ2v) is 10.3. The molecule has 9 heteroatoms. The normalized spacial score (nSPS) is 16.4. The summed E-state index contributed by atoms with van der Waals surface area (Å²) in [6, 6.07) is 10.8. The highest BCUT2D eigenvalue weighted by Gasteiger charge is 2.35. The van der Waals surface area contributed by atoms with Gasteiger partial charge in [0.25, 0.3) is 0 Å². The Morgan fingerprint density at radius 3 is 2.38 bits per heavy atom. The van der Waals surface area contributed by atoms with E-state index in [0.717, 1.165) is 16.0 Å². The summed E-state index contributed by atoms with van der Waals surface area (Å²) < 4.78 is 31.5. The van der Waals surface area contributed by atoms with Gasteiger partial charge in [0.05, 0.1) is 28.9 Å². The lowest BCUT2D eigenvalue weighted by Crippen LogP contribution is -2.47. The molecular formula is C23H26N2O5S2. The molecule has 0 saturated heterocycles. The van der Waals surface area contributed by atoms with E-state index in [-0.39, 0.29) is 22.8 Å². The van der Waals surface area contributed by atoms with Gasteiger partial charge in [-0.15, -0.1) is 11.8 Å². The average molecular weight is 475 g/mol. The molecule has 1 aliphatic rings. The van der Waals surface area contributed by atoms with Gasteiger partial charge in [0.1, 0.15) is 0 Å². The van der Waals surface area contributed by atoms with Gasteiger partial charge >= 0.3 is 12.0 Å². The van der Waals surface area contributed by atoms with Crippen LogP contribution in [0, 0.1) is 13.8 Å². The van der Waals surface area contributed by atoms with Crippen LogP contribution in [0.5, 0.6) is 0 Å². The number of thioether (sulfide) groups is 1. The van der Waals surface area contributed by atoms with Crippen LogP contribution in [0.2, 0.25) is 0 Å². The molecule has 0 aliphatic carbocycles. The molecule has 2 amide bonds. The fourth-order valence-electron chi connectivity index (χ4n) is 3.41. The van der Waals surface area contributed by atoms with E-state index in [2.05, 4.69) is 10.6 Å². The van der Waals surface area contributed by atoms with Crippen LogP contribution >= 0.6 is 11.8 Å². The van der Waals surface area contributed by atoms with E-state index < -0.39 is 33.6 Å². The van der Waals surface area contributed by atoms with Crippen molar-refractivity contribution in [1.82, 2.24) is 10.6 Å². The minimum Gasteiger partial charge on any atom is -0.463 e. The Kier molecular flexibility index (Phi) is 7.30. The number of ether oxygens (including phenoxy) is 1. The number of hydrogen-bond acceptors (Lipinski definition) is 6. The minimum atomic E-state index is -3.83. The van der Waals surface area contributed by atoms with Crippen LogP contribution in [-0.4, -0.2) is 39.0 Å². The van der Waals surface area contributed by atoms with Crippen LogP contribution in [-0.2, 0) is 19.4 Å². The standard InChI is InChI=1S/C23H26N2O5S2/c1-5-30-22(26)20-19(13-32(28,29)18-11-6-14(2)15(3)12-18)24-23(27)25-21(20)16-7-9-17(31-4)10-8-16/h6-12,21H,5,13H2,1-4H3,(H2,24,25,27). The second kappa shape index (κ2) is 9.79. The van der Waals surface area contributed by atoms with E-state index in [9.17, 15) is 18.0 Å². The number of amides is 2. The van der Waals surface area contributed by atoms with Crippen molar-refractivity contribution in [3.8, 4) is 0 Å². The van der Waals surface area contributed by atoms with E-state index in [1.165, 1.54) is 6.07 Å². The number of aryl methyl sites for hydroxylation is 2. The molecule has 0 saturated carbocycles. The summed E-state index contributed by atoms with van der Waals surface area (Å²) in [5.41, 5.74) is 2.56. The maximum absolute atomic E-state index is 13.2. The number of hydrogen-bond donors (Lipinski definition) is 2. The van der Waals surface area contributed by atoms with Gasteiger partial charge in [0.15, 0.2) is 9.84 Å². The lowest BCUT2D eigenvalue weighted by Gasteiger charge is -2.29. The van der Waals surface area contributed by atoms with Gasteiger partial charge in [-0.3, -0.25) is 0 Å². The molecule has 1 heterocycles. The zero-order valence-electron chi connectivity index (χ0n) is 18.4. The SMILES string of the molecule is CCOC(=O)C1=C(CS(=O)(=O)c2ccc(C)c(C)c2)NC(=O)NC1c1ccc(SC)cc1. The molecule has 2 aromatic carbocycles. The van der Waals surface area contributed by atoms with Gasteiger partial charge in [-0.25, -0.2) is 18.0 Å². The molecule has 7 nitrogen and oxygen atoms in total. The zero-order chi connectivity index (χ0) is 23.5. The zero-order valence-corrected chi connectivity index (χ0v) is 20.0. The van der Waals surface area contributed by atoms with Crippen LogP contribution in [0.4, 0.5) is 4.79 Å². The lowest BCUT2D eigenvalue weighted by atomic mass is 9.95. The third kappa shape index (κ3) is 5.16. The number of nitrogens with one attached hydrogen (secondary N) is 2. The molecule has 32 heavy (non-hydrogen) atoms. The molecule has 0 aromatic heterocycles. The topological polar surface area (TPSA) is 102 Å². The monoisotopic (exact) mass is 474 g/mol. The van der Waals surface area contributed by atoms with Crippen molar-refractivity contribution in [3.63, 3.8) is 0 Å². The van der Waals surface area contributed by atoms with Crippen molar-refractivity contribution in [2.45, 2.75) is 36.6 Å². The number of carbonyl (C=O) groups is 2. The number of esters is 1. The molecule has 0 fully saturated rings. The number of rotatable bonds is 7. The van der Waals surface area contributed by atoms with Crippen molar-refractivity contribution in [2.75, 3.05) is 18.6 Å². The lowest BCUT2D eigenvalue weighted by molar-refractivity contribution is -0.139. The summed E-state index contributed by atoms with van der Waals surface area (Å²) in [6.07, 6.45) is 1.95. The van der Waals surface area contributed by atoms with Gasteiger partial charge in [0, 0.05) is 10.6 Å². The Morgan fingerprint density at radius 2 is 1.78 bits per heavy atom. The fraction of sp³-hybridized carbons (Fsp3) is 0.304. The molecule has 0 spiro atoms. The molecule has 1 aliphatic heterocycles. The summed E-state index contributed by atoms with van der Waals surface area (Å²) in [4.78, 5) is 26.4. The second-order valence-electron chi connectivity index (χ2n) is 7.42. The smallest absolute Gasteiger partial charge is 0.338 e. The van der Waals surface area contributed by atoms with E-state index in [0.29, 0.717) is 5.56 Å². The molecule has 0 bridgehead atoms. The molecular weight excluding hydrogens is 448 g/mol. The van der Waals surface area contributed by atoms with Crippen LogP contribution < -0.4 is 10.6 Å². The first-order valence-corrected chi connectivity index (χ1v) is 13.0. The number of sulfone groups is 1. The van der Waals surface area contributed by atoms with Crippen LogP contribution in [0.1, 0.15) is 29.7 Å². The number of benzene rings is 2. The summed E-state index contributed by atoms with van der Waals surface area (Å²) in [6.45, 7) is 5.51. The molecule has 2 N–H and O–H groups in total. The Balaban J connectivity index is 2.09. The van der Waals surface area contributed by atoms with Gasteiger partial charge in [-0.05, 0) is 68.0 Å². The van der Waals surface area contributed by atoms with E-state index in [1.807, 2.05) is 32.2 Å². The first-order chi connectivity index (χ1) is 15.2. The van der Waals surface area contributed by atoms with Gasteiger partial charge in [0.2, 0.25) is 0 Å². The fourth-order valence-corrected chi connectivity index (χ4v) is 5.22. The maximum atomic E-state index is 13.2. The van der Waals surface area contributed by atoms with Crippen molar-refractivity contribution in [1.29, 1.82) is 0 Å². The minimum absolute atomic E-state index is 0.0179. The van der Waals surface area contributed by atoms with Crippen LogP contribution in [0.3, 0.4) is 0 Å². The van der Waals surface area contributed by atoms with Crippen molar-refractivity contribution >= 4 is 33.6 Å². The first-order valence-electron chi connectivity index (χ1n) is 10.1. The van der Waals surface area contributed by atoms with Crippen molar-refractivity contribution in [3.05, 3.63) is 70.4 Å². The quantitative estimate of drug-likeness (QED) is 0.469. The first kappa shape index (κ1) is 23.9. The Bertz CT molecular complexity index is 1170. The van der Waals surface area contributed by atoms with Crippen LogP contribution in [0.15, 0.2) is 63.5 Å². The summed E-state index contributed by atoms with van der Waals surface area (Å²) >= 11 is 1.57. The van der Waals surface area contributed by atoms with Gasteiger partial charge in [-0.2, -0.15) is 0 Å². The summed E-state index contributed by atoms with van der Waals surface area (Å²) in [5, 5.41) is 5.25. The van der Waals surface area contributed by atoms with Gasteiger partial charge < -0.3 is 15.4 Å². The van der Waals surface area contributed by atoms with Crippen molar-refractivity contribution in [2.24, 2.45) is 0 Å². The Labute approximate surface area is 192 Å². The molecule has 170 valence electrons. The molecule has 3 rings (SSSR count). The third-order valence-corrected chi connectivity index (χ3v) is 7.65. The van der Waals surface area contributed by atoms with Crippen molar-refractivity contribution < 1.29 is 22.7 Å². The maximum Gasteiger partial charge on any atom is 0.338 e. The van der Waals surface area contributed by atoms with Crippen LogP contribution in [0.25, 0.3) is 0 Å². The molecule has 1 atom stereocenters. The molecule has 2 aromatic rings. The highest BCUT2D eigenvalue weighted by molar-refractivity contribution is 7.98. The summed E-state index contributed by atoms with van der Waals surface area (Å²) in [5.74, 6) is -1.21. The molecule has 0 radical (unpaired) electrons.